The smallest absolute Gasteiger partial charge is 0.870 e. The Morgan fingerprint density at radius 1 is 1.14 bits per heavy atom. The summed E-state index contributed by atoms with van der Waals surface area (Å²) in [7, 11) is 0. The van der Waals surface area contributed by atoms with Crippen molar-refractivity contribution in [1.29, 1.82) is 0 Å². The molecule has 0 aromatic heterocycles. The van der Waals surface area contributed by atoms with Crippen molar-refractivity contribution in [2.45, 2.75) is 0 Å². The second-order valence-corrected chi connectivity index (χ2v) is 0.250. The predicted octanol–water partition coefficient (Wildman–Crippen LogP) is -3.39. The van der Waals surface area contributed by atoms with Crippen molar-refractivity contribution in [3.8, 4) is 0 Å². The molecule has 0 bridgehead atoms. The molecular formula is CHO4Sr2+. The van der Waals surface area contributed by atoms with Gasteiger partial charge in [-0.25, -0.2) is 0 Å². The average molecular weight is 252 g/mol. The molecule has 4 nitrogen and oxygen atoms in total. The fraction of sp³-hybridized carbons (Fsp3) is 0. The Morgan fingerprint density at radius 3 is 1.14 bits per heavy atom. The maximum atomic E-state index is 8.33. The molecule has 0 saturated heterocycles. The zero-order chi connectivity index (χ0) is 3.58. The first-order chi connectivity index (χ1) is 1.73. The third-order valence-electron chi connectivity index (χ3n) is 0. The summed E-state index contributed by atoms with van der Waals surface area (Å²) >= 11 is 0. The van der Waals surface area contributed by atoms with Crippen molar-refractivity contribution in [2.24, 2.45) is 0 Å². The van der Waals surface area contributed by atoms with Gasteiger partial charge in [0, 0.05) is 0 Å². The summed E-state index contributed by atoms with van der Waals surface area (Å²) in [5.74, 6) is 0. The molecule has 0 aliphatic carbocycles. The van der Waals surface area contributed by atoms with E-state index < -0.39 is 6.16 Å². The first-order valence-electron chi connectivity index (χ1n) is 0.612. The molecule has 0 fully saturated rings. The van der Waals surface area contributed by atoms with Crippen LogP contribution in [-0.2, 0) is 0 Å². The van der Waals surface area contributed by atoms with Gasteiger partial charge in [-0.3, -0.25) is 0 Å². The van der Waals surface area contributed by atoms with Gasteiger partial charge >= 0.3 is 91.0 Å². The van der Waals surface area contributed by atoms with Crippen LogP contribution in [-0.4, -0.2) is 103 Å². The van der Waals surface area contributed by atoms with E-state index >= 15 is 0 Å². The van der Waals surface area contributed by atoms with Gasteiger partial charge in [0.05, 0.1) is 0 Å². The summed E-state index contributed by atoms with van der Waals surface area (Å²) in [6.07, 6.45) is -2.33. The molecular weight excluding hydrogens is 251 g/mol. The first kappa shape index (κ1) is 22.9. The van der Waals surface area contributed by atoms with Crippen LogP contribution in [0.25, 0.3) is 0 Å². The van der Waals surface area contributed by atoms with Gasteiger partial charge < -0.3 is 20.5 Å². The molecule has 0 aromatic rings. The maximum Gasteiger partial charge on any atom is 2.00 e. The molecule has 0 spiro atoms. The third-order valence-corrected chi connectivity index (χ3v) is 0. The molecule has 32 valence electrons. The van der Waals surface area contributed by atoms with Gasteiger partial charge in [0.25, 0.3) is 0 Å². The van der Waals surface area contributed by atoms with E-state index in [1.807, 2.05) is 0 Å². The number of carboxylic acid groups (broad SMARTS) is 2. The van der Waals surface area contributed by atoms with Gasteiger partial charge in [0.2, 0.25) is 0 Å². The number of rotatable bonds is 0. The molecule has 1 N–H and O–H groups in total. The van der Waals surface area contributed by atoms with E-state index in [0.717, 1.165) is 0 Å². The SMILES string of the molecule is O=C([O-])[O-].[OH-].[Sr+2].[Sr+2]. The van der Waals surface area contributed by atoms with Crippen molar-refractivity contribution in [1.82, 2.24) is 0 Å². The summed E-state index contributed by atoms with van der Waals surface area (Å²) in [5, 5.41) is 16.7. The minimum atomic E-state index is -2.33. The van der Waals surface area contributed by atoms with Crippen LogP contribution in [0.3, 0.4) is 0 Å². The number of hydrogen-bond donors (Lipinski definition) is 0. The van der Waals surface area contributed by atoms with E-state index in [1.165, 1.54) is 0 Å². The number of carbonyl (C=O) groups excluding carboxylic acids is 1. The summed E-state index contributed by atoms with van der Waals surface area (Å²) in [6.45, 7) is 0. The summed E-state index contributed by atoms with van der Waals surface area (Å²) < 4.78 is 0. The zero-order valence-corrected chi connectivity index (χ0v) is 10.5. The molecule has 0 saturated carbocycles. The molecule has 6 heteroatoms. The molecule has 0 aliphatic heterocycles. The van der Waals surface area contributed by atoms with Crippen molar-refractivity contribution in [2.75, 3.05) is 0 Å². The predicted molar refractivity (Wildman–Crippen MR) is 18.8 cm³/mol. The van der Waals surface area contributed by atoms with E-state index in [2.05, 4.69) is 0 Å². The van der Waals surface area contributed by atoms with Crippen LogP contribution in [0.2, 0.25) is 0 Å². The summed E-state index contributed by atoms with van der Waals surface area (Å²) in [6, 6.07) is 0. The minimum Gasteiger partial charge on any atom is -0.870 e. The molecule has 0 amide bonds. The van der Waals surface area contributed by atoms with Crippen LogP contribution in [0.4, 0.5) is 4.79 Å². The van der Waals surface area contributed by atoms with Crippen molar-refractivity contribution < 1.29 is 20.5 Å². The van der Waals surface area contributed by atoms with Gasteiger partial charge in [0.1, 0.15) is 0 Å². The van der Waals surface area contributed by atoms with Gasteiger partial charge in [0.15, 0.2) is 0 Å². The zero-order valence-electron chi connectivity index (χ0n) is 3.59. The van der Waals surface area contributed by atoms with Crippen LogP contribution < -0.4 is 10.2 Å². The van der Waals surface area contributed by atoms with Gasteiger partial charge in [-0.1, -0.05) is 0 Å². The molecule has 0 heterocycles. The van der Waals surface area contributed by atoms with Crippen LogP contribution in [0.5, 0.6) is 0 Å². The number of hydrogen-bond acceptors (Lipinski definition) is 4. The minimum absolute atomic E-state index is 0. The average Bonchev–Trinajstić information content (AvgIpc) is 0.811. The largest absolute Gasteiger partial charge is 2.00 e. The van der Waals surface area contributed by atoms with Crippen molar-refractivity contribution >= 4 is 97.1 Å². The fourth-order valence-electron chi connectivity index (χ4n) is 0. The monoisotopic (exact) mass is 253 g/mol. The molecule has 0 rings (SSSR count). The van der Waals surface area contributed by atoms with Crippen LogP contribution in [0, 0.1) is 0 Å². The Hall–Kier alpha value is 2.19. The standard InChI is InChI=1S/CH2O3.H2O.2Sr/c2-1(3)4;;;/h(H2,2,3,4);1H2;;/q;;2*+2/p-3. The molecule has 7 heavy (non-hydrogen) atoms. The molecule has 0 atom stereocenters. The third kappa shape index (κ3) is 65.4. The molecule has 0 aliphatic rings. The van der Waals surface area contributed by atoms with E-state index in [0.29, 0.717) is 0 Å². The Labute approximate surface area is 115 Å². The van der Waals surface area contributed by atoms with Crippen LogP contribution >= 0.6 is 0 Å². The first-order valence-corrected chi connectivity index (χ1v) is 0.612. The quantitative estimate of drug-likeness (QED) is 0.420. The van der Waals surface area contributed by atoms with Gasteiger partial charge in [-0.15, -0.1) is 0 Å². The Balaban J connectivity index is -0.0000000150. The Kier molecular flexibility index (Phi) is 51.4. The fourth-order valence-corrected chi connectivity index (χ4v) is 0. The Morgan fingerprint density at radius 2 is 1.14 bits per heavy atom. The van der Waals surface area contributed by atoms with E-state index in [1.54, 1.807) is 0 Å². The maximum absolute atomic E-state index is 8.33. The second kappa shape index (κ2) is 15.7. The summed E-state index contributed by atoms with van der Waals surface area (Å²) in [4.78, 5) is 8.33. The topological polar surface area (TPSA) is 93.2 Å². The summed E-state index contributed by atoms with van der Waals surface area (Å²) in [5.41, 5.74) is 0. The van der Waals surface area contributed by atoms with Crippen LogP contribution in [0.15, 0.2) is 0 Å². The van der Waals surface area contributed by atoms with E-state index in [-0.39, 0.29) is 96.4 Å². The normalized spacial score (nSPS) is 3.43. The van der Waals surface area contributed by atoms with Crippen molar-refractivity contribution in [3.05, 3.63) is 0 Å². The van der Waals surface area contributed by atoms with Crippen molar-refractivity contribution in [3.63, 3.8) is 0 Å². The van der Waals surface area contributed by atoms with E-state index in [4.69, 9.17) is 15.0 Å². The van der Waals surface area contributed by atoms with Crippen LogP contribution in [0.1, 0.15) is 0 Å². The Bertz CT molecular complexity index is 32.7. The molecule has 0 unspecified atom stereocenters. The molecule has 0 radical (unpaired) electrons. The van der Waals surface area contributed by atoms with Gasteiger partial charge in [-0.05, 0) is 6.16 Å². The van der Waals surface area contributed by atoms with E-state index in [9.17, 15) is 0 Å². The number of carbonyl (C=O) groups is 1. The second-order valence-electron chi connectivity index (χ2n) is 0.250. The van der Waals surface area contributed by atoms with Gasteiger partial charge in [-0.2, -0.15) is 0 Å². The molecule has 0 aromatic carbocycles.